The molecule has 29 heavy (non-hydrogen) atoms. The summed E-state index contributed by atoms with van der Waals surface area (Å²) in [6.07, 6.45) is 3.73. The highest BCUT2D eigenvalue weighted by Crippen LogP contribution is 2.42. The van der Waals surface area contributed by atoms with Crippen LogP contribution < -0.4 is 14.8 Å². The number of rotatable bonds is 7. The molecule has 0 radical (unpaired) electrons. The van der Waals surface area contributed by atoms with E-state index in [2.05, 4.69) is 10.3 Å². The van der Waals surface area contributed by atoms with E-state index in [0.717, 1.165) is 34.0 Å². The third-order valence-corrected chi connectivity index (χ3v) is 5.52. The van der Waals surface area contributed by atoms with Gasteiger partial charge in [0.25, 0.3) is 0 Å². The predicted molar refractivity (Wildman–Crippen MR) is 114 cm³/mol. The number of fused-ring (bicyclic) bond motifs is 1. The maximum absolute atomic E-state index is 12.6. The van der Waals surface area contributed by atoms with Crippen LogP contribution in [0.1, 0.15) is 18.5 Å². The van der Waals surface area contributed by atoms with Crippen LogP contribution in [0.2, 0.25) is 0 Å². The summed E-state index contributed by atoms with van der Waals surface area (Å²) in [6, 6.07) is 19.7. The Balaban J connectivity index is 1.46. The third kappa shape index (κ3) is 5.29. The van der Waals surface area contributed by atoms with Crippen molar-refractivity contribution in [2.45, 2.75) is 29.1 Å². The van der Waals surface area contributed by atoms with E-state index in [4.69, 9.17) is 9.47 Å². The number of nitrogens with zero attached hydrogens (tertiary/aromatic N) is 1. The van der Waals surface area contributed by atoms with Crippen molar-refractivity contribution in [2.24, 2.45) is 0 Å². The van der Waals surface area contributed by atoms with Crippen LogP contribution in [0.25, 0.3) is 0 Å². The van der Waals surface area contributed by atoms with Gasteiger partial charge in [-0.1, -0.05) is 36.0 Å². The average molecular weight is 407 g/mol. The first-order valence-electron chi connectivity index (χ1n) is 9.64. The van der Waals surface area contributed by atoms with Gasteiger partial charge in [0.15, 0.2) is 11.5 Å². The summed E-state index contributed by atoms with van der Waals surface area (Å²) in [7, 11) is 0. The molecule has 1 aromatic heterocycles. The molecule has 148 valence electrons. The molecule has 1 aliphatic heterocycles. The van der Waals surface area contributed by atoms with Gasteiger partial charge in [0.1, 0.15) is 13.2 Å². The van der Waals surface area contributed by atoms with E-state index < -0.39 is 0 Å². The molecule has 0 fully saturated rings. The first kappa shape index (κ1) is 19.3. The zero-order valence-electron chi connectivity index (χ0n) is 16.0. The van der Waals surface area contributed by atoms with Crippen molar-refractivity contribution in [1.82, 2.24) is 4.98 Å². The van der Waals surface area contributed by atoms with Gasteiger partial charge in [-0.2, -0.15) is 0 Å². The molecular weight excluding hydrogens is 384 g/mol. The van der Waals surface area contributed by atoms with Crippen molar-refractivity contribution in [2.75, 3.05) is 18.5 Å². The summed E-state index contributed by atoms with van der Waals surface area (Å²) in [5, 5.41) is 3.05. The lowest BCUT2D eigenvalue weighted by molar-refractivity contribution is -0.116. The molecule has 2 heterocycles. The number of nitrogens with one attached hydrogen (secondary N) is 1. The van der Waals surface area contributed by atoms with Gasteiger partial charge < -0.3 is 14.8 Å². The van der Waals surface area contributed by atoms with E-state index in [1.54, 1.807) is 18.0 Å². The molecule has 6 heteroatoms. The second-order valence-electron chi connectivity index (χ2n) is 6.63. The molecule has 0 unspecified atom stereocenters. The molecule has 0 saturated carbocycles. The molecule has 5 nitrogen and oxygen atoms in total. The molecule has 0 spiro atoms. The normalized spacial score (nSPS) is 12.4. The van der Waals surface area contributed by atoms with Crippen molar-refractivity contribution in [3.8, 4) is 11.5 Å². The zero-order chi connectivity index (χ0) is 19.9. The molecule has 1 amide bonds. The van der Waals surface area contributed by atoms with Gasteiger partial charge in [0.05, 0.1) is 5.69 Å². The van der Waals surface area contributed by atoms with Crippen molar-refractivity contribution in [1.29, 1.82) is 0 Å². The number of anilines is 1. The van der Waals surface area contributed by atoms with Gasteiger partial charge in [0.2, 0.25) is 5.91 Å². The molecule has 1 N–H and O–H groups in total. The van der Waals surface area contributed by atoms with Gasteiger partial charge in [0, 0.05) is 40.2 Å². The summed E-state index contributed by atoms with van der Waals surface area (Å²) < 4.78 is 11.4. The number of hydrogen-bond donors (Lipinski definition) is 1. The average Bonchev–Trinajstić information content (AvgIpc) is 2.75. The summed E-state index contributed by atoms with van der Waals surface area (Å²) in [6.45, 7) is 1.04. The van der Waals surface area contributed by atoms with E-state index in [9.17, 15) is 4.79 Å². The van der Waals surface area contributed by atoms with E-state index in [1.165, 1.54) is 0 Å². The SMILES string of the molecule is O=C(CCCc1ccccn1)Nc1cc2c(cc1Sc1ccccc1)OCCO2. The minimum absolute atomic E-state index is 0.0208. The van der Waals surface area contributed by atoms with Gasteiger partial charge in [-0.15, -0.1) is 0 Å². The fourth-order valence-corrected chi connectivity index (χ4v) is 3.99. The number of ether oxygens (including phenoxy) is 2. The molecule has 0 aliphatic carbocycles. The number of carbonyl (C=O) groups is 1. The van der Waals surface area contributed by atoms with Crippen LogP contribution in [0.15, 0.2) is 76.7 Å². The first-order valence-corrected chi connectivity index (χ1v) is 10.5. The maximum Gasteiger partial charge on any atom is 0.224 e. The van der Waals surface area contributed by atoms with Crippen molar-refractivity contribution in [3.05, 3.63) is 72.6 Å². The Morgan fingerprint density at radius 1 is 1.00 bits per heavy atom. The fraction of sp³-hybridized carbons (Fsp3) is 0.217. The standard InChI is InChI=1S/C23H22N2O3S/c26-23(11-6-8-17-7-4-5-12-24-17)25-19-15-20-21(28-14-13-27-20)16-22(19)29-18-9-2-1-3-10-18/h1-5,7,9-10,12,15-16H,6,8,11,13-14H2,(H,25,26). The molecule has 0 saturated heterocycles. The lowest BCUT2D eigenvalue weighted by Gasteiger charge is -2.21. The molecule has 2 aromatic carbocycles. The lowest BCUT2D eigenvalue weighted by Crippen LogP contribution is -2.17. The van der Waals surface area contributed by atoms with Crippen LogP contribution in [-0.4, -0.2) is 24.1 Å². The number of benzene rings is 2. The van der Waals surface area contributed by atoms with Gasteiger partial charge >= 0.3 is 0 Å². The first-order chi connectivity index (χ1) is 14.3. The highest BCUT2D eigenvalue weighted by molar-refractivity contribution is 7.99. The number of carbonyl (C=O) groups excluding carboxylic acids is 1. The second-order valence-corrected chi connectivity index (χ2v) is 7.75. The summed E-state index contributed by atoms with van der Waals surface area (Å²) >= 11 is 1.59. The quantitative estimate of drug-likeness (QED) is 0.601. The van der Waals surface area contributed by atoms with Crippen LogP contribution in [0.5, 0.6) is 11.5 Å². The minimum atomic E-state index is -0.0208. The monoisotopic (exact) mass is 406 g/mol. The van der Waals surface area contributed by atoms with Gasteiger partial charge in [-0.25, -0.2) is 0 Å². The lowest BCUT2D eigenvalue weighted by atomic mass is 10.1. The number of pyridine rings is 1. The third-order valence-electron chi connectivity index (χ3n) is 4.45. The Hall–Kier alpha value is -2.99. The van der Waals surface area contributed by atoms with Crippen LogP contribution in [-0.2, 0) is 11.2 Å². The summed E-state index contributed by atoms with van der Waals surface area (Å²) in [4.78, 5) is 18.9. The fourth-order valence-electron chi connectivity index (χ4n) is 3.06. The molecule has 0 atom stereocenters. The van der Waals surface area contributed by atoms with Crippen LogP contribution in [0, 0.1) is 0 Å². The van der Waals surface area contributed by atoms with E-state index >= 15 is 0 Å². The number of amides is 1. The molecular formula is C23H22N2O3S. The number of aromatic nitrogens is 1. The molecule has 1 aliphatic rings. The topological polar surface area (TPSA) is 60.5 Å². The van der Waals surface area contributed by atoms with Crippen LogP contribution in [0.3, 0.4) is 0 Å². The Bertz CT molecular complexity index is 965. The predicted octanol–water partition coefficient (Wildman–Crippen LogP) is 4.97. The van der Waals surface area contributed by atoms with E-state index in [1.807, 2.05) is 60.7 Å². The number of hydrogen-bond acceptors (Lipinski definition) is 5. The largest absolute Gasteiger partial charge is 0.486 e. The van der Waals surface area contributed by atoms with E-state index in [-0.39, 0.29) is 5.91 Å². The Morgan fingerprint density at radius 2 is 1.76 bits per heavy atom. The number of aryl methyl sites for hydroxylation is 1. The van der Waals surface area contributed by atoms with Crippen molar-refractivity contribution >= 4 is 23.4 Å². The zero-order valence-corrected chi connectivity index (χ0v) is 16.8. The van der Waals surface area contributed by atoms with E-state index in [0.29, 0.717) is 31.1 Å². The minimum Gasteiger partial charge on any atom is -0.486 e. The highest BCUT2D eigenvalue weighted by atomic mass is 32.2. The second kappa shape index (κ2) is 9.47. The summed E-state index contributed by atoms with van der Waals surface area (Å²) in [5.74, 6) is 1.35. The van der Waals surface area contributed by atoms with Gasteiger partial charge in [-0.05, 0) is 37.1 Å². The maximum atomic E-state index is 12.6. The van der Waals surface area contributed by atoms with Crippen molar-refractivity contribution in [3.63, 3.8) is 0 Å². The smallest absolute Gasteiger partial charge is 0.224 e. The van der Waals surface area contributed by atoms with Crippen molar-refractivity contribution < 1.29 is 14.3 Å². The molecule has 4 rings (SSSR count). The van der Waals surface area contributed by atoms with Crippen LogP contribution in [0.4, 0.5) is 5.69 Å². The summed E-state index contributed by atoms with van der Waals surface area (Å²) in [5.41, 5.74) is 1.74. The Labute approximate surface area is 174 Å². The van der Waals surface area contributed by atoms with Gasteiger partial charge in [-0.3, -0.25) is 9.78 Å². The Kier molecular flexibility index (Phi) is 6.32. The van der Waals surface area contributed by atoms with Crippen LogP contribution >= 0.6 is 11.8 Å². The molecule has 3 aromatic rings. The molecule has 0 bridgehead atoms. The highest BCUT2D eigenvalue weighted by Gasteiger charge is 2.18. The Morgan fingerprint density at radius 3 is 2.52 bits per heavy atom.